The van der Waals surface area contributed by atoms with Crippen LogP contribution in [0.2, 0.25) is 0 Å². The summed E-state index contributed by atoms with van der Waals surface area (Å²) in [5.41, 5.74) is 0.835. The van der Waals surface area contributed by atoms with Crippen LogP contribution in [-0.4, -0.2) is 29.6 Å². The molecule has 0 radical (unpaired) electrons. The molecule has 2 rings (SSSR count). The fourth-order valence-corrected chi connectivity index (χ4v) is 4.01. The van der Waals surface area contributed by atoms with Crippen LogP contribution in [0.5, 0.6) is 0 Å². The first kappa shape index (κ1) is 14.3. The van der Waals surface area contributed by atoms with Gasteiger partial charge in [-0.25, -0.2) is 0 Å². The molecule has 0 heterocycles. The number of ether oxygens (including phenoxy) is 1. The molecule has 0 aromatic heterocycles. The summed E-state index contributed by atoms with van der Waals surface area (Å²) in [6, 6.07) is 0. The van der Waals surface area contributed by atoms with Gasteiger partial charge in [0.1, 0.15) is 11.9 Å². The molecule has 0 amide bonds. The molecule has 0 spiro atoms. The van der Waals surface area contributed by atoms with Crippen LogP contribution in [0.1, 0.15) is 40.0 Å². The third-order valence-corrected chi connectivity index (χ3v) is 5.09. The van der Waals surface area contributed by atoms with Gasteiger partial charge in [-0.15, -0.1) is 0 Å². The standard InChI is InChI=1S/C15H22O4/c1-9-6-12(18)7-11-4-5-13(19-8-16)14(10(2)17)15(9,11)3/h7-9,12-14,18H,4-6H2,1-3H3/t9-,12+,13-,14?,15+/m0/s1. The maximum Gasteiger partial charge on any atom is 0.293 e. The number of aliphatic hydroxyl groups is 1. The van der Waals surface area contributed by atoms with Crippen molar-refractivity contribution < 1.29 is 19.4 Å². The lowest BCUT2D eigenvalue weighted by Crippen LogP contribution is -2.52. The lowest BCUT2D eigenvalue weighted by atomic mass is 9.53. The maximum atomic E-state index is 12.1. The molecule has 1 unspecified atom stereocenters. The number of hydrogen-bond donors (Lipinski definition) is 1. The average molecular weight is 266 g/mol. The quantitative estimate of drug-likeness (QED) is 0.625. The lowest BCUT2D eigenvalue weighted by Gasteiger charge is -2.52. The maximum absolute atomic E-state index is 12.1. The second-order valence-electron chi connectivity index (χ2n) is 6.08. The van der Waals surface area contributed by atoms with Gasteiger partial charge in [-0.2, -0.15) is 0 Å². The van der Waals surface area contributed by atoms with Crippen LogP contribution in [0.3, 0.4) is 0 Å². The summed E-state index contributed by atoms with van der Waals surface area (Å²) >= 11 is 0. The summed E-state index contributed by atoms with van der Waals surface area (Å²) in [6.07, 6.45) is 3.22. The van der Waals surface area contributed by atoms with Gasteiger partial charge in [-0.3, -0.25) is 9.59 Å². The Labute approximate surface area is 113 Å². The van der Waals surface area contributed by atoms with E-state index in [-0.39, 0.29) is 29.1 Å². The molecular formula is C15H22O4. The number of carbonyl (C=O) groups is 2. The Morgan fingerprint density at radius 2 is 2.26 bits per heavy atom. The van der Waals surface area contributed by atoms with Crippen LogP contribution >= 0.6 is 0 Å². The molecule has 2 aliphatic rings. The highest BCUT2D eigenvalue weighted by molar-refractivity contribution is 5.81. The first-order valence-corrected chi connectivity index (χ1v) is 6.90. The molecule has 0 aromatic carbocycles. The van der Waals surface area contributed by atoms with Crippen molar-refractivity contribution in [3.8, 4) is 0 Å². The molecule has 19 heavy (non-hydrogen) atoms. The van der Waals surface area contributed by atoms with Gasteiger partial charge in [0.2, 0.25) is 0 Å². The number of ketones is 1. The first-order chi connectivity index (χ1) is 8.91. The van der Waals surface area contributed by atoms with Crippen molar-refractivity contribution in [3.63, 3.8) is 0 Å². The normalized spacial score (nSPS) is 42.0. The highest BCUT2D eigenvalue weighted by atomic mass is 16.5. The number of rotatable bonds is 3. The molecule has 0 aromatic rings. The smallest absolute Gasteiger partial charge is 0.293 e. The zero-order chi connectivity index (χ0) is 14.2. The van der Waals surface area contributed by atoms with Gasteiger partial charge in [0.25, 0.3) is 6.47 Å². The van der Waals surface area contributed by atoms with Crippen molar-refractivity contribution in [1.82, 2.24) is 0 Å². The Balaban J connectivity index is 2.44. The number of fused-ring (bicyclic) bond motifs is 1. The number of Topliss-reactive ketones (excluding diaryl/α,β-unsaturated/α-hetero) is 1. The van der Waals surface area contributed by atoms with Crippen molar-refractivity contribution in [3.05, 3.63) is 11.6 Å². The molecule has 1 fully saturated rings. The fraction of sp³-hybridized carbons (Fsp3) is 0.733. The summed E-state index contributed by atoms with van der Waals surface area (Å²) < 4.78 is 5.15. The van der Waals surface area contributed by atoms with E-state index in [1.165, 1.54) is 0 Å². The van der Waals surface area contributed by atoms with Gasteiger partial charge in [0.15, 0.2) is 0 Å². The van der Waals surface area contributed by atoms with Crippen LogP contribution in [0.25, 0.3) is 0 Å². The summed E-state index contributed by atoms with van der Waals surface area (Å²) in [7, 11) is 0. The molecule has 0 saturated heterocycles. The van der Waals surface area contributed by atoms with E-state index in [4.69, 9.17) is 4.74 Å². The molecule has 1 N–H and O–H groups in total. The van der Waals surface area contributed by atoms with Crippen molar-refractivity contribution in [2.24, 2.45) is 17.3 Å². The van der Waals surface area contributed by atoms with Crippen LogP contribution in [0.4, 0.5) is 0 Å². The molecule has 2 aliphatic carbocycles. The summed E-state index contributed by atoms with van der Waals surface area (Å²) in [5, 5.41) is 9.88. The van der Waals surface area contributed by atoms with E-state index in [1.54, 1.807) is 6.92 Å². The van der Waals surface area contributed by atoms with E-state index in [2.05, 4.69) is 13.8 Å². The van der Waals surface area contributed by atoms with Crippen molar-refractivity contribution in [2.75, 3.05) is 0 Å². The predicted octanol–water partition coefficient (Wildman–Crippen LogP) is 1.86. The van der Waals surface area contributed by atoms with Gasteiger partial charge in [0, 0.05) is 5.41 Å². The zero-order valence-electron chi connectivity index (χ0n) is 11.8. The van der Waals surface area contributed by atoms with Gasteiger partial charge in [0.05, 0.1) is 12.0 Å². The second kappa shape index (κ2) is 5.08. The fourth-order valence-electron chi connectivity index (χ4n) is 4.01. The molecular weight excluding hydrogens is 244 g/mol. The minimum Gasteiger partial charge on any atom is -0.464 e. The SMILES string of the molecule is CC(=O)C1[C@@H](OC=O)CCC2=C[C@H](O)C[C@H](C)[C@]21C. The van der Waals surface area contributed by atoms with Crippen molar-refractivity contribution >= 4 is 12.3 Å². The summed E-state index contributed by atoms with van der Waals surface area (Å²) in [4.78, 5) is 22.7. The third-order valence-electron chi connectivity index (χ3n) is 5.09. The molecule has 106 valence electrons. The van der Waals surface area contributed by atoms with Crippen molar-refractivity contribution in [2.45, 2.75) is 52.2 Å². The van der Waals surface area contributed by atoms with Gasteiger partial charge >= 0.3 is 0 Å². The highest BCUT2D eigenvalue weighted by Crippen LogP contribution is 2.54. The molecule has 5 atom stereocenters. The summed E-state index contributed by atoms with van der Waals surface area (Å²) in [6.45, 7) is 6.15. The van der Waals surface area contributed by atoms with E-state index >= 15 is 0 Å². The number of aliphatic hydroxyl groups excluding tert-OH is 1. The first-order valence-electron chi connectivity index (χ1n) is 6.90. The van der Waals surface area contributed by atoms with E-state index in [0.29, 0.717) is 19.3 Å². The number of allylic oxidation sites excluding steroid dienone is 1. The highest BCUT2D eigenvalue weighted by Gasteiger charge is 2.53. The topological polar surface area (TPSA) is 63.6 Å². The molecule has 1 saturated carbocycles. The van der Waals surface area contributed by atoms with Crippen LogP contribution < -0.4 is 0 Å². The Bertz CT molecular complexity index is 414. The largest absolute Gasteiger partial charge is 0.464 e. The molecule has 0 bridgehead atoms. The number of carbonyl (C=O) groups excluding carboxylic acids is 2. The van der Waals surface area contributed by atoms with Crippen LogP contribution in [-0.2, 0) is 14.3 Å². The molecule has 4 nitrogen and oxygen atoms in total. The minimum atomic E-state index is -0.422. The van der Waals surface area contributed by atoms with Gasteiger partial charge in [-0.1, -0.05) is 25.5 Å². The van der Waals surface area contributed by atoms with E-state index < -0.39 is 6.10 Å². The Morgan fingerprint density at radius 3 is 2.84 bits per heavy atom. The molecule has 4 heteroatoms. The van der Waals surface area contributed by atoms with Crippen molar-refractivity contribution in [1.29, 1.82) is 0 Å². The average Bonchev–Trinajstić information content (AvgIpc) is 2.31. The monoisotopic (exact) mass is 266 g/mol. The predicted molar refractivity (Wildman–Crippen MR) is 70.3 cm³/mol. The van der Waals surface area contributed by atoms with E-state index in [9.17, 15) is 14.7 Å². The van der Waals surface area contributed by atoms with E-state index in [0.717, 1.165) is 12.0 Å². The second-order valence-corrected chi connectivity index (χ2v) is 6.08. The van der Waals surface area contributed by atoms with Crippen LogP contribution in [0.15, 0.2) is 11.6 Å². The Kier molecular flexibility index (Phi) is 3.81. The Morgan fingerprint density at radius 1 is 1.58 bits per heavy atom. The summed E-state index contributed by atoms with van der Waals surface area (Å²) in [5.74, 6) is -0.0576. The van der Waals surface area contributed by atoms with Gasteiger partial charge in [-0.05, 0) is 32.1 Å². The number of hydrogen-bond acceptors (Lipinski definition) is 4. The Hall–Kier alpha value is -1.16. The zero-order valence-corrected chi connectivity index (χ0v) is 11.8. The third kappa shape index (κ3) is 2.22. The van der Waals surface area contributed by atoms with Crippen LogP contribution in [0, 0.1) is 17.3 Å². The molecule has 0 aliphatic heterocycles. The lowest BCUT2D eigenvalue weighted by molar-refractivity contribution is -0.149. The van der Waals surface area contributed by atoms with E-state index in [1.807, 2.05) is 6.08 Å². The minimum absolute atomic E-state index is 0.0585. The van der Waals surface area contributed by atoms with Gasteiger partial charge < -0.3 is 9.84 Å².